The van der Waals surface area contributed by atoms with Crippen molar-refractivity contribution in [2.45, 2.75) is 142 Å². The van der Waals surface area contributed by atoms with Gasteiger partial charge in [-0.15, -0.1) is 0 Å². The fourth-order valence-electron chi connectivity index (χ4n) is 4.42. The number of hydrogen-bond acceptors (Lipinski definition) is 8. The number of carbonyl (C=O) groups excluding carboxylic acids is 1. The van der Waals surface area contributed by atoms with Crippen LogP contribution in [0.2, 0.25) is 0 Å². The molecular weight excluding hydrogens is 645 g/mol. The van der Waals surface area contributed by atoms with Gasteiger partial charge in [-0.25, -0.2) is 4.57 Å². The van der Waals surface area contributed by atoms with E-state index >= 15 is 0 Å². The van der Waals surface area contributed by atoms with Crippen LogP contribution in [0.5, 0.6) is 0 Å². The highest BCUT2D eigenvalue weighted by atomic mass is 31.2. The van der Waals surface area contributed by atoms with Crippen LogP contribution in [0.25, 0.3) is 0 Å². The lowest BCUT2D eigenvalue weighted by molar-refractivity contribution is -0.154. The van der Waals surface area contributed by atoms with Crippen LogP contribution in [0.4, 0.5) is 0 Å². The van der Waals surface area contributed by atoms with Crippen LogP contribution in [-0.2, 0) is 32.7 Å². The third-order valence-corrected chi connectivity index (χ3v) is 8.21. The van der Waals surface area contributed by atoms with Crippen molar-refractivity contribution < 1.29 is 42.7 Å². The lowest BCUT2D eigenvalue weighted by atomic mass is 10.1. The second-order valence-electron chi connectivity index (χ2n) is 12.0. The van der Waals surface area contributed by atoms with Gasteiger partial charge < -0.3 is 25.2 Å². The maximum atomic E-state index is 12.5. The minimum Gasteiger partial charge on any atom is -0.480 e. The summed E-state index contributed by atoms with van der Waals surface area (Å²) in [5.74, 6) is -1.81. The van der Waals surface area contributed by atoms with E-state index in [1.54, 1.807) is 0 Å². The molecule has 3 unspecified atom stereocenters. The zero-order valence-corrected chi connectivity index (χ0v) is 31.2. The van der Waals surface area contributed by atoms with E-state index in [1.807, 2.05) is 0 Å². The van der Waals surface area contributed by atoms with Gasteiger partial charge >= 0.3 is 19.8 Å². The van der Waals surface area contributed by atoms with Gasteiger partial charge in [-0.1, -0.05) is 113 Å². The smallest absolute Gasteiger partial charge is 0.472 e. The predicted octanol–water partition coefficient (Wildman–Crippen LogP) is 9.30. The number of rotatable bonds is 34. The number of aliphatic carboxylic acids is 1. The summed E-state index contributed by atoms with van der Waals surface area (Å²) in [5.41, 5.74) is 5.33. The molecule has 0 aromatic rings. The van der Waals surface area contributed by atoms with Crippen molar-refractivity contribution in [2.75, 3.05) is 26.4 Å². The number of nitrogens with two attached hydrogens (primary N) is 1. The van der Waals surface area contributed by atoms with E-state index in [9.17, 15) is 19.0 Å². The molecule has 0 fully saturated rings. The first kappa shape index (κ1) is 46.7. The monoisotopic (exact) mass is 711 g/mol. The van der Waals surface area contributed by atoms with Gasteiger partial charge in [-0.05, 0) is 70.6 Å². The molecular formula is C38H66NO9P. The molecule has 282 valence electrons. The third kappa shape index (κ3) is 33.9. The molecule has 0 aromatic heterocycles. The van der Waals surface area contributed by atoms with Crippen LogP contribution in [-0.4, -0.2) is 60.5 Å². The number of phosphoric ester groups is 1. The molecule has 0 amide bonds. The average molecular weight is 712 g/mol. The van der Waals surface area contributed by atoms with Crippen LogP contribution >= 0.6 is 7.82 Å². The standard InChI is InChI=1S/C38H66NO9P/c1-3-5-7-9-11-13-15-17-19-21-23-25-27-29-31-45-32-35(33-46-49(43,44)47-34-36(39)38(41)42)48-37(40)30-28-26-24-22-20-18-16-14-12-10-8-6-4-2/h5,7-8,10-11,13-14,16-17,19,35-36H,3-4,6,9,12,15,18,20-34,39H2,1-2H3,(H,41,42)(H,43,44)/b7-5-,10-8-,13-11-,16-14-,19-17-. The average Bonchev–Trinajstić information content (AvgIpc) is 3.07. The van der Waals surface area contributed by atoms with Gasteiger partial charge in [-0.2, -0.15) is 0 Å². The minimum absolute atomic E-state index is 0.00716. The highest BCUT2D eigenvalue weighted by molar-refractivity contribution is 7.47. The van der Waals surface area contributed by atoms with Gasteiger partial charge in [0.2, 0.25) is 0 Å². The summed E-state index contributed by atoms with van der Waals surface area (Å²) in [6.45, 7) is 3.59. The zero-order chi connectivity index (χ0) is 36.3. The van der Waals surface area contributed by atoms with Gasteiger partial charge in [-0.3, -0.25) is 18.6 Å². The molecule has 0 heterocycles. The van der Waals surface area contributed by atoms with Crippen molar-refractivity contribution in [3.8, 4) is 0 Å². The zero-order valence-electron chi connectivity index (χ0n) is 30.3. The second-order valence-corrected chi connectivity index (χ2v) is 13.4. The number of hydrogen-bond donors (Lipinski definition) is 3. The van der Waals surface area contributed by atoms with Crippen LogP contribution in [0.3, 0.4) is 0 Å². The molecule has 0 saturated heterocycles. The molecule has 0 aliphatic carbocycles. The second kappa shape index (κ2) is 34.1. The largest absolute Gasteiger partial charge is 0.480 e. The van der Waals surface area contributed by atoms with Crippen LogP contribution in [0.1, 0.15) is 129 Å². The van der Waals surface area contributed by atoms with Gasteiger partial charge in [0.15, 0.2) is 0 Å². The predicted molar refractivity (Wildman–Crippen MR) is 198 cm³/mol. The third-order valence-electron chi connectivity index (χ3n) is 7.26. The maximum Gasteiger partial charge on any atom is 0.472 e. The highest BCUT2D eigenvalue weighted by Crippen LogP contribution is 2.43. The van der Waals surface area contributed by atoms with Crippen LogP contribution < -0.4 is 5.73 Å². The Balaban J connectivity index is 4.41. The summed E-state index contributed by atoms with van der Waals surface area (Å²) < 4.78 is 33.1. The van der Waals surface area contributed by atoms with Crippen molar-refractivity contribution >= 4 is 19.8 Å². The topological polar surface area (TPSA) is 155 Å². The van der Waals surface area contributed by atoms with Gasteiger partial charge in [0.1, 0.15) is 12.1 Å². The molecule has 0 rings (SSSR count). The number of carboxylic acid groups (broad SMARTS) is 1. The molecule has 49 heavy (non-hydrogen) atoms. The summed E-state index contributed by atoms with van der Waals surface area (Å²) >= 11 is 0. The number of phosphoric acid groups is 1. The molecule has 0 spiro atoms. The lowest BCUT2D eigenvalue weighted by Crippen LogP contribution is -2.34. The number of carboxylic acids is 1. The first-order valence-electron chi connectivity index (χ1n) is 18.3. The van der Waals surface area contributed by atoms with E-state index in [2.05, 4.69) is 79.1 Å². The van der Waals surface area contributed by atoms with Crippen molar-refractivity contribution in [1.82, 2.24) is 0 Å². The molecule has 3 atom stereocenters. The SMILES string of the molecule is CC/C=C\C/C=C\C/C=C\CCCCCCOCC(COP(=O)(O)OCC(N)C(=O)O)OC(=O)CCCCCCC/C=C\C/C=C\CCC. The summed E-state index contributed by atoms with van der Waals surface area (Å²) in [4.78, 5) is 33.3. The van der Waals surface area contributed by atoms with Crippen molar-refractivity contribution in [3.05, 3.63) is 60.8 Å². The highest BCUT2D eigenvalue weighted by Gasteiger charge is 2.27. The Morgan fingerprint density at radius 2 is 1.18 bits per heavy atom. The minimum atomic E-state index is -4.62. The number of ether oxygens (including phenoxy) is 2. The fraction of sp³-hybridized carbons (Fsp3) is 0.684. The van der Waals surface area contributed by atoms with Crippen molar-refractivity contribution in [2.24, 2.45) is 5.73 Å². The number of allylic oxidation sites excluding steroid dienone is 10. The first-order valence-corrected chi connectivity index (χ1v) is 19.8. The van der Waals surface area contributed by atoms with Gasteiger partial charge in [0.25, 0.3) is 0 Å². The lowest BCUT2D eigenvalue weighted by Gasteiger charge is -2.20. The van der Waals surface area contributed by atoms with E-state index in [-0.39, 0.29) is 13.0 Å². The van der Waals surface area contributed by atoms with Crippen molar-refractivity contribution in [1.29, 1.82) is 0 Å². The van der Waals surface area contributed by atoms with Gasteiger partial charge in [0.05, 0.1) is 19.8 Å². The Labute approximate surface area is 296 Å². The van der Waals surface area contributed by atoms with E-state index < -0.39 is 45.1 Å². The Morgan fingerprint density at radius 1 is 0.673 bits per heavy atom. The summed E-state index contributed by atoms with van der Waals surface area (Å²) in [7, 11) is -4.62. The molecule has 4 N–H and O–H groups in total. The first-order chi connectivity index (χ1) is 23.7. The molecule has 10 nitrogen and oxygen atoms in total. The Bertz CT molecular complexity index is 1010. The van der Waals surface area contributed by atoms with E-state index in [0.29, 0.717) is 13.0 Å². The van der Waals surface area contributed by atoms with E-state index in [4.69, 9.17) is 24.8 Å². The van der Waals surface area contributed by atoms with Crippen LogP contribution in [0.15, 0.2) is 60.8 Å². The number of esters is 1. The van der Waals surface area contributed by atoms with Crippen molar-refractivity contribution in [3.63, 3.8) is 0 Å². The van der Waals surface area contributed by atoms with Gasteiger partial charge in [0, 0.05) is 13.0 Å². The molecule has 0 aliphatic heterocycles. The quantitative estimate of drug-likeness (QED) is 0.0255. The molecule has 0 radical (unpaired) electrons. The molecule has 0 saturated carbocycles. The normalized spacial score (nSPS) is 14.9. The van der Waals surface area contributed by atoms with E-state index in [1.165, 1.54) is 6.42 Å². The molecule has 0 aliphatic rings. The number of carbonyl (C=O) groups is 2. The maximum absolute atomic E-state index is 12.5. The summed E-state index contributed by atoms with van der Waals surface area (Å²) in [6, 6.07) is -1.48. The summed E-state index contributed by atoms with van der Waals surface area (Å²) in [6.07, 6.45) is 38.5. The Hall–Kier alpha value is -2.33. The molecule has 0 aromatic carbocycles. The fourth-order valence-corrected chi connectivity index (χ4v) is 5.20. The molecule has 11 heteroatoms. The Morgan fingerprint density at radius 3 is 1.78 bits per heavy atom. The number of unbranched alkanes of at least 4 members (excludes halogenated alkanes) is 10. The van der Waals surface area contributed by atoms with Crippen LogP contribution in [0, 0.1) is 0 Å². The van der Waals surface area contributed by atoms with E-state index in [0.717, 1.165) is 96.3 Å². The molecule has 0 bridgehead atoms. The summed E-state index contributed by atoms with van der Waals surface area (Å²) in [5, 5.41) is 8.86. The Kier molecular flexibility index (Phi) is 32.5.